The van der Waals surface area contributed by atoms with Crippen LogP contribution in [0.3, 0.4) is 0 Å². The van der Waals surface area contributed by atoms with Crippen LogP contribution in [-0.4, -0.2) is 16.3 Å². The highest BCUT2D eigenvalue weighted by atomic mass is 35.6. The minimum absolute atomic E-state index is 0.165. The maximum absolute atomic E-state index is 7.33. The van der Waals surface area contributed by atoms with Crippen LogP contribution in [0.15, 0.2) is 36.9 Å². The summed E-state index contributed by atoms with van der Waals surface area (Å²) >= 11 is 16.4. The van der Waals surface area contributed by atoms with Crippen molar-refractivity contribution in [3.8, 4) is 0 Å². The molecule has 2 nitrogen and oxygen atoms in total. The molecule has 0 atom stereocenters. The van der Waals surface area contributed by atoms with Gasteiger partial charge in [-0.1, -0.05) is 77.8 Å². The zero-order chi connectivity index (χ0) is 13.6. The molecule has 0 bridgehead atoms. The molecule has 1 rings (SSSR count). The average Bonchev–Trinajstić information content (AvgIpc) is 2.33. The smallest absolute Gasteiger partial charge is 0.265 e. The Labute approximate surface area is 121 Å². The standard InChI is InChI=1S/C13H12Cl3NO/c1-2-10-6-3-4-7-11(10)8-5-9-18-12(17)13(14,15)16/h2-8,17H,1,9H2/b8-5+,17-12?. The highest BCUT2D eigenvalue weighted by molar-refractivity contribution is 6.76. The highest BCUT2D eigenvalue weighted by Crippen LogP contribution is 2.27. The summed E-state index contributed by atoms with van der Waals surface area (Å²) < 4.78 is 3.16. The minimum Gasteiger partial charge on any atom is -0.474 e. The van der Waals surface area contributed by atoms with Gasteiger partial charge in [-0.3, -0.25) is 5.41 Å². The van der Waals surface area contributed by atoms with Gasteiger partial charge in [-0.2, -0.15) is 0 Å². The number of benzene rings is 1. The summed E-state index contributed by atoms with van der Waals surface area (Å²) in [6.07, 6.45) is 5.37. The van der Waals surface area contributed by atoms with Crippen molar-refractivity contribution in [2.45, 2.75) is 3.79 Å². The van der Waals surface area contributed by atoms with Crippen LogP contribution >= 0.6 is 34.8 Å². The third-order valence-electron chi connectivity index (χ3n) is 2.09. The summed E-state index contributed by atoms with van der Waals surface area (Å²) in [5.74, 6) is -0.394. The number of hydrogen-bond donors (Lipinski definition) is 1. The fourth-order valence-electron chi connectivity index (χ4n) is 1.24. The molecule has 18 heavy (non-hydrogen) atoms. The number of ether oxygens (including phenoxy) is 1. The Hall–Kier alpha value is -0.960. The molecule has 1 aromatic carbocycles. The molecule has 5 heteroatoms. The monoisotopic (exact) mass is 303 g/mol. The molecule has 0 saturated heterocycles. The summed E-state index contributed by atoms with van der Waals surface area (Å²) in [4.78, 5) is 0. The van der Waals surface area contributed by atoms with Gasteiger partial charge >= 0.3 is 0 Å². The van der Waals surface area contributed by atoms with Gasteiger partial charge in [-0.15, -0.1) is 0 Å². The van der Waals surface area contributed by atoms with Gasteiger partial charge in [0.05, 0.1) is 0 Å². The van der Waals surface area contributed by atoms with Crippen LogP contribution in [0.1, 0.15) is 11.1 Å². The number of hydrogen-bond acceptors (Lipinski definition) is 2. The van der Waals surface area contributed by atoms with E-state index >= 15 is 0 Å². The van der Waals surface area contributed by atoms with E-state index in [1.807, 2.05) is 30.3 Å². The van der Waals surface area contributed by atoms with Crippen molar-refractivity contribution in [2.75, 3.05) is 6.61 Å². The summed E-state index contributed by atoms with van der Waals surface area (Å²) in [6.45, 7) is 3.89. The average molecular weight is 305 g/mol. The Morgan fingerprint density at radius 2 is 1.89 bits per heavy atom. The zero-order valence-corrected chi connectivity index (χ0v) is 11.8. The normalized spacial score (nSPS) is 11.5. The third-order valence-corrected chi connectivity index (χ3v) is 2.61. The second-order valence-electron chi connectivity index (χ2n) is 3.37. The second kappa shape index (κ2) is 6.83. The first-order valence-electron chi connectivity index (χ1n) is 5.11. The Kier molecular flexibility index (Phi) is 5.73. The minimum atomic E-state index is -1.81. The highest BCUT2D eigenvalue weighted by Gasteiger charge is 2.28. The molecule has 0 fully saturated rings. The van der Waals surface area contributed by atoms with Crippen LogP contribution in [0.5, 0.6) is 0 Å². The Morgan fingerprint density at radius 3 is 2.44 bits per heavy atom. The first-order valence-corrected chi connectivity index (χ1v) is 6.25. The van der Waals surface area contributed by atoms with Crippen molar-refractivity contribution >= 4 is 52.9 Å². The molecule has 0 aliphatic heterocycles. The van der Waals surface area contributed by atoms with Gasteiger partial charge < -0.3 is 4.74 Å². The molecule has 0 radical (unpaired) electrons. The Balaban J connectivity index is 2.56. The quantitative estimate of drug-likeness (QED) is 0.488. The molecule has 1 N–H and O–H groups in total. The van der Waals surface area contributed by atoms with Gasteiger partial charge in [-0.25, -0.2) is 0 Å². The van der Waals surface area contributed by atoms with Crippen molar-refractivity contribution in [1.29, 1.82) is 5.41 Å². The molecular formula is C13H12Cl3NO. The predicted octanol–water partition coefficient (Wildman–Crippen LogP) is 4.71. The van der Waals surface area contributed by atoms with E-state index in [0.29, 0.717) is 0 Å². The van der Waals surface area contributed by atoms with Crippen LogP contribution < -0.4 is 0 Å². The molecule has 1 aromatic rings. The number of rotatable bonds is 4. The SMILES string of the molecule is C=Cc1ccccc1/C=C/COC(=N)C(Cl)(Cl)Cl. The van der Waals surface area contributed by atoms with Gasteiger partial charge in [0.15, 0.2) is 0 Å². The summed E-state index contributed by atoms with van der Waals surface area (Å²) in [7, 11) is 0. The molecule has 0 spiro atoms. The van der Waals surface area contributed by atoms with E-state index in [-0.39, 0.29) is 6.61 Å². The number of nitrogens with one attached hydrogen (secondary N) is 1. The van der Waals surface area contributed by atoms with Crippen LogP contribution in [0.25, 0.3) is 12.2 Å². The molecule has 0 aliphatic rings. The van der Waals surface area contributed by atoms with E-state index in [1.54, 1.807) is 12.2 Å². The second-order valence-corrected chi connectivity index (χ2v) is 5.65. The first kappa shape index (κ1) is 15.1. The van der Waals surface area contributed by atoms with E-state index in [1.165, 1.54) is 0 Å². The number of halogens is 3. The van der Waals surface area contributed by atoms with Gasteiger partial charge in [0, 0.05) is 0 Å². The lowest BCUT2D eigenvalue weighted by atomic mass is 10.1. The van der Waals surface area contributed by atoms with Crippen molar-refractivity contribution in [3.05, 3.63) is 48.0 Å². The molecule has 0 unspecified atom stereocenters. The lowest BCUT2D eigenvalue weighted by molar-refractivity contribution is 0.341. The van der Waals surface area contributed by atoms with Gasteiger partial charge in [-0.05, 0) is 17.2 Å². The fraction of sp³-hybridized carbons (Fsp3) is 0.154. The zero-order valence-electron chi connectivity index (χ0n) is 9.50. The maximum Gasteiger partial charge on any atom is 0.265 e. The number of alkyl halides is 3. The van der Waals surface area contributed by atoms with Crippen molar-refractivity contribution in [1.82, 2.24) is 0 Å². The molecule has 0 aliphatic carbocycles. The summed E-state index contributed by atoms with van der Waals surface area (Å²) in [5.41, 5.74) is 2.03. The summed E-state index contributed by atoms with van der Waals surface area (Å²) in [5, 5.41) is 7.33. The maximum atomic E-state index is 7.33. The molecule has 96 valence electrons. The lowest BCUT2D eigenvalue weighted by Crippen LogP contribution is -2.21. The van der Waals surface area contributed by atoms with Crippen LogP contribution in [-0.2, 0) is 4.74 Å². The van der Waals surface area contributed by atoms with E-state index in [9.17, 15) is 0 Å². The Morgan fingerprint density at radius 1 is 1.28 bits per heavy atom. The molecule has 0 heterocycles. The van der Waals surface area contributed by atoms with Gasteiger partial charge in [0.25, 0.3) is 3.79 Å². The van der Waals surface area contributed by atoms with Crippen LogP contribution in [0, 0.1) is 5.41 Å². The van der Waals surface area contributed by atoms with Crippen molar-refractivity contribution in [3.63, 3.8) is 0 Å². The van der Waals surface area contributed by atoms with Gasteiger partial charge in [0.1, 0.15) is 6.61 Å². The summed E-state index contributed by atoms with van der Waals surface area (Å²) in [6, 6.07) is 7.77. The molecule has 0 saturated carbocycles. The van der Waals surface area contributed by atoms with E-state index in [0.717, 1.165) is 11.1 Å². The van der Waals surface area contributed by atoms with Crippen molar-refractivity contribution < 1.29 is 4.74 Å². The van der Waals surface area contributed by atoms with Crippen LogP contribution in [0.4, 0.5) is 0 Å². The van der Waals surface area contributed by atoms with Crippen LogP contribution in [0.2, 0.25) is 0 Å². The third kappa shape index (κ3) is 4.73. The van der Waals surface area contributed by atoms with Gasteiger partial charge in [0.2, 0.25) is 5.90 Å². The molecule has 0 aromatic heterocycles. The topological polar surface area (TPSA) is 33.1 Å². The van der Waals surface area contributed by atoms with E-state index in [2.05, 4.69) is 6.58 Å². The van der Waals surface area contributed by atoms with E-state index in [4.69, 9.17) is 44.9 Å². The molecule has 0 amide bonds. The van der Waals surface area contributed by atoms with Crippen molar-refractivity contribution in [2.24, 2.45) is 0 Å². The first-order chi connectivity index (χ1) is 8.45. The fourth-order valence-corrected chi connectivity index (χ4v) is 1.40. The lowest BCUT2D eigenvalue weighted by Gasteiger charge is -2.11. The molecular weight excluding hydrogens is 293 g/mol. The predicted molar refractivity (Wildman–Crippen MR) is 79.5 cm³/mol. The largest absolute Gasteiger partial charge is 0.474 e. The Bertz CT molecular complexity index is 464. The van der Waals surface area contributed by atoms with E-state index < -0.39 is 9.69 Å².